The predicted molar refractivity (Wildman–Crippen MR) is 121 cm³/mol. The lowest BCUT2D eigenvalue weighted by Crippen LogP contribution is -2.49. The van der Waals surface area contributed by atoms with Crippen molar-refractivity contribution in [2.45, 2.75) is 45.3 Å². The monoisotopic (exact) mass is 429 g/mol. The van der Waals surface area contributed by atoms with Gasteiger partial charge in [-0.2, -0.15) is 0 Å². The minimum atomic E-state index is -3.61. The number of carbonyl (C=O) groups is 1. The van der Waals surface area contributed by atoms with E-state index >= 15 is 0 Å². The number of hydrogen-bond donors (Lipinski definition) is 1. The highest BCUT2D eigenvalue weighted by atomic mass is 32.2. The fourth-order valence-corrected chi connectivity index (χ4v) is 5.19. The fraction of sp³-hybridized carbons (Fsp3) is 0.435. The summed E-state index contributed by atoms with van der Waals surface area (Å²) in [4.78, 5) is 15.4. The van der Waals surface area contributed by atoms with Crippen molar-refractivity contribution in [2.75, 3.05) is 23.7 Å². The molecule has 1 heterocycles. The standard InChI is InChI=1S/C23H31N3O3S/c1-3-22(26(30(2,28)29)21-12-5-4-6-13-21)23(27)24-17-19-10-9-11-20(16-19)18-25-14-7-8-15-25/h4-6,9-13,16,22H,3,7-8,14-15,17-18H2,1-2H3,(H,24,27)/t22-/m1/s1. The molecule has 1 amide bonds. The van der Waals surface area contributed by atoms with Gasteiger partial charge in [-0.3, -0.25) is 14.0 Å². The number of anilines is 1. The summed E-state index contributed by atoms with van der Waals surface area (Å²) in [6.07, 6.45) is 4.03. The third kappa shape index (κ3) is 5.83. The summed E-state index contributed by atoms with van der Waals surface area (Å²) in [5.74, 6) is -0.295. The van der Waals surface area contributed by atoms with Gasteiger partial charge in [-0.25, -0.2) is 8.42 Å². The van der Waals surface area contributed by atoms with Crippen LogP contribution in [0.4, 0.5) is 5.69 Å². The molecule has 2 aromatic rings. The van der Waals surface area contributed by atoms with Crippen molar-refractivity contribution in [3.63, 3.8) is 0 Å². The molecular formula is C23H31N3O3S. The molecule has 162 valence electrons. The van der Waals surface area contributed by atoms with Gasteiger partial charge in [0.2, 0.25) is 15.9 Å². The Bertz CT molecular complexity index is 941. The average molecular weight is 430 g/mol. The van der Waals surface area contributed by atoms with Crippen LogP contribution in [0.25, 0.3) is 0 Å². The first kappa shape index (κ1) is 22.3. The molecule has 1 N–H and O–H groups in total. The summed E-state index contributed by atoms with van der Waals surface area (Å²) in [7, 11) is -3.61. The Balaban J connectivity index is 1.69. The summed E-state index contributed by atoms with van der Waals surface area (Å²) in [6, 6.07) is 16.2. The highest BCUT2D eigenvalue weighted by molar-refractivity contribution is 7.92. The molecule has 30 heavy (non-hydrogen) atoms. The largest absolute Gasteiger partial charge is 0.350 e. The first-order valence-corrected chi connectivity index (χ1v) is 12.4. The van der Waals surface area contributed by atoms with Crippen molar-refractivity contribution in [2.24, 2.45) is 0 Å². The molecular weight excluding hydrogens is 398 g/mol. The van der Waals surface area contributed by atoms with Crippen LogP contribution in [0.5, 0.6) is 0 Å². The minimum Gasteiger partial charge on any atom is -0.350 e. The van der Waals surface area contributed by atoms with E-state index in [9.17, 15) is 13.2 Å². The van der Waals surface area contributed by atoms with E-state index in [0.717, 1.165) is 31.5 Å². The Kier molecular flexibility index (Phi) is 7.50. The van der Waals surface area contributed by atoms with Gasteiger partial charge in [0.15, 0.2) is 0 Å². The Hall–Kier alpha value is -2.38. The number of sulfonamides is 1. The SMILES string of the molecule is CC[C@H](C(=O)NCc1cccc(CN2CCCC2)c1)N(c1ccccc1)S(C)(=O)=O. The van der Waals surface area contributed by atoms with Gasteiger partial charge >= 0.3 is 0 Å². The van der Waals surface area contributed by atoms with Gasteiger partial charge in [-0.15, -0.1) is 0 Å². The molecule has 0 radical (unpaired) electrons. The summed E-state index contributed by atoms with van der Waals surface area (Å²) >= 11 is 0. The molecule has 0 saturated carbocycles. The van der Waals surface area contributed by atoms with E-state index < -0.39 is 16.1 Å². The maximum absolute atomic E-state index is 12.9. The highest BCUT2D eigenvalue weighted by Gasteiger charge is 2.31. The zero-order valence-electron chi connectivity index (χ0n) is 17.8. The topological polar surface area (TPSA) is 69.7 Å². The first-order chi connectivity index (χ1) is 14.4. The van der Waals surface area contributed by atoms with E-state index in [1.54, 1.807) is 24.3 Å². The molecule has 7 heteroatoms. The number of amides is 1. The lowest BCUT2D eigenvalue weighted by Gasteiger charge is -2.30. The molecule has 1 atom stereocenters. The molecule has 0 bridgehead atoms. The second kappa shape index (κ2) is 10.1. The van der Waals surface area contributed by atoms with Crippen LogP contribution in [0.3, 0.4) is 0 Å². The molecule has 1 aliphatic rings. The van der Waals surface area contributed by atoms with E-state index in [-0.39, 0.29) is 5.91 Å². The van der Waals surface area contributed by atoms with E-state index in [1.165, 1.54) is 22.7 Å². The van der Waals surface area contributed by atoms with Gasteiger partial charge in [0, 0.05) is 13.1 Å². The number of para-hydroxylation sites is 1. The molecule has 1 saturated heterocycles. The molecule has 0 unspecified atom stereocenters. The Morgan fingerprint density at radius 3 is 2.37 bits per heavy atom. The third-order valence-electron chi connectivity index (χ3n) is 5.40. The molecule has 3 rings (SSSR count). The van der Waals surface area contributed by atoms with Crippen LogP contribution in [0.15, 0.2) is 54.6 Å². The molecule has 2 aromatic carbocycles. The van der Waals surface area contributed by atoms with Gasteiger partial charge < -0.3 is 5.32 Å². The predicted octanol–water partition coefficient (Wildman–Crippen LogP) is 3.14. The smallest absolute Gasteiger partial charge is 0.244 e. The van der Waals surface area contributed by atoms with Crippen LogP contribution < -0.4 is 9.62 Å². The normalized spacial score (nSPS) is 15.7. The minimum absolute atomic E-state index is 0.295. The van der Waals surface area contributed by atoms with Crippen LogP contribution in [-0.4, -0.2) is 44.6 Å². The van der Waals surface area contributed by atoms with Crippen LogP contribution >= 0.6 is 0 Å². The van der Waals surface area contributed by atoms with E-state index in [2.05, 4.69) is 22.3 Å². The molecule has 6 nitrogen and oxygen atoms in total. The van der Waals surface area contributed by atoms with Crippen molar-refractivity contribution < 1.29 is 13.2 Å². The van der Waals surface area contributed by atoms with Crippen molar-refractivity contribution in [1.82, 2.24) is 10.2 Å². The number of benzene rings is 2. The number of hydrogen-bond acceptors (Lipinski definition) is 4. The Morgan fingerprint density at radius 1 is 1.07 bits per heavy atom. The van der Waals surface area contributed by atoms with Crippen molar-refractivity contribution in [3.8, 4) is 0 Å². The van der Waals surface area contributed by atoms with Crippen molar-refractivity contribution in [1.29, 1.82) is 0 Å². The maximum Gasteiger partial charge on any atom is 0.244 e. The number of nitrogens with one attached hydrogen (secondary N) is 1. The number of likely N-dealkylation sites (tertiary alicyclic amines) is 1. The number of rotatable bonds is 9. The van der Waals surface area contributed by atoms with Gasteiger partial charge in [0.1, 0.15) is 6.04 Å². The second-order valence-corrected chi connectivity index (χ2v) is 9.70. The van der Waals surface area contributed by atoms with Crippen LogP contribution in [0.2, 0.25) is 0 Å². The van der Waals surface area contributed by atoms with Crippen LogP contribution in [0, 0.1) is 0 Å². The second-order valence-electron chi connectivity index (χ2n) is 7.84. The maximum atomic E-state index is 12.9. The molecule has 1 fully saturated rings. The van der Waals surface area contributed by atoms with E-state index in [0.29, 0.717) is 18.7 Å². The molecule has 0 aromatic heterocycles. The lowest BCUT2D eigenvalue weighted by molar-refractivity contribution is -0.122. The number of carbonyl (C=O) groups excluding carboxylic acids is 1. The fourth-order valence-electron chi connectivity index (χ4n) is 3.98. The summed E-state index contributed by atoms with van der Waals surface area (Å²) in [6.45, 7) is 5.40. The van der Waals surface area contributed by atoms with Crippen molar-refractivity contribution >= 4 is 21.6 Å². The van der Waals surface area contributed by atoms with Crippen LogP contribution in [-0.2, 0) is 27.9 Å². The Morgan fingerprint density at radius 2 is 1.73 bits per heavy atom. The molecule has 1 aliphatic heterocycles. The van der Waals surface area contributed by atoms with Gasteiger partial charge in [-0.05, 0) is 55.6 Å². The number of nitrogens with zero attached hydrogens (tertiary/aromatic N) is 2. The molecule has 0 aliphatic carbocycles. The first-order valence-electron chi connectivity index (χ1n) is 10.5. The van der Waals surface area contributed by atoms with Gasteiger partial charge in [0.25, 0.3) is 0 Å². The summed E-state index contributed by atoms with van der Waals surface area (Å²) < 4.78 is 26.1. The zero-order valence-corrected chi connectivity index (χ0v) is 18.6. The lowest BCUT2D eigenvalue weighted by atomic mass is 10.1. The average Bonchev–Trinajstić information content (AvgIpc) is 3.23. The quantitative estimate of drug-likeness (QED) is 0.665. The Labute approximate surface area is 179 Å². The highest BCUT2D eigenvalue weighted by Crippen LogP contribution is 2.22. The van der Waals surface area contributed by atoms with Gasteiger partial charge in [-0.1, -0.05) is 49.4 Å². The zero-order chi connectivity index (χ0) is 21.6. The molecule has 0 spiro atoms. The summed E-state index contributed by atoms with van der Waals surface area (Å²) in [5, 5.41) is 2.93. The summed E-state index contributed by atoms with van der Waals surface area (Å²) in [5.41, 5.74) is 2.74. The third-order valence-corrected chi connectivity index (χ3v) is 6.58. The van der Waals surface area contributed by atoms with Crippen molar-refractivity contribution in [3.05, 3.63) is 65.7 Å². The van der Waals surface area contributed by atoms with E-state index in [4.69, 9.17) is 0 Å². The van der Waals surface area contributed by atoms with E-state index in [1.807, 2.05) is 25.1 Å². The van der Waals surface area contributed by atoms with Crippen LogP contribution in [0.1, 0.15) is 37.3 Å². The van der Waals surface area contributed by atoms with Gasteiger partial charge in [0.05, 0.1) is 11.9 Å².